The minimum atomic E-state index is 0.941. The maximum atomic E-state index is 4.26. The van der Waals surface area contributed by atoms with E-state index in [1.165, 1.54) is 5.56 Å². The lowest BCUT2D eigenvalue weighted by Gasteiger charge is -2.10. The molecule has 0 amide bonds. The molecule has 0 N–H and O–H groups in total. The van der Waals surface area contributed by atoms with Crippen LogP contribution < -0.4 is 0 Å². The Balaban J connectivity index is 2.28. The molecule has 0 aliphatic carbocycles. The van der Waals surface area contributed by atoms with Gasteiger partial charge in [-0.05, 0) is 47.7 Å². The molecule has 2 rings (SSSR count). The van der Waals surface area contributed by atoms with Gasteiger partial charge in [0.25, 0.3) is 0 Å². The molecule has 0 aliphatic rings. The molecule has 0 saturated carbocycles. The summed E-state index contributed by atoms with van der Waals surface area (Å²) in [5.74, 6) is 0. The molecule has 0 atom stereocenters. The first-order valence-corrected chi connectivity index (χ1v) is 5.88. The van der Waals surface area contributed by atoms with Gasteiger partial charge >= 0.3 is 0 Å². The number of nitrogens with zero attached hydrogens (tertiary/aromatic N) is 3. The van der Waals surface area contributed by atoms with E-state index in [1.807, 2.05) is 10.9 Å². The van der Waals surface area contributed by atoms with E-state index >= 15 is 0 Å². The SMILES string of the molecule is CN(C)Cc1cccc(-n2cc(Br)cn2)c1. The average molecular weight is 280 g/mol. The van der Waals surface area contributed by atoms with E-state index in [0.29, 0.717) is 0 Å². The minimum absolute atomic E-state index is 0.941. The maximum absolute atomic E-state index is 4.26. The van der Waals surface area contributed by atoms with Gasteiger partial charge in [-0.1, -0.05) is 12.1 Å². The third-order valence-corrected chi connectivity index (χ3v) is 2.63. The Morgan fingerprint density at radius 3 is 2.81 bits per heavy atom. The van der Waals surface area contributed by atoms with Gasteiger partial charge in [0.15, 0.2) is 0 Å². The summed E-state index contributed by atoms with van der Waals surface area (Å²) in [6.45, 7) is 0.941. The Morgan fingerprint density at radius 1 is 1.38 bits per heavy atom. The predicted octanol–water partition coefficient (Wildman–Crippen LogP) is 2.70. The second kappa shape index (κ2) is 4.80. The predicted molar refractivity (Wildman–Crippen MR) is 68.7 cm³/mol. The summed E-state index contributed by atoms with van der Waals surface area (Å²) in [7, 11) is 4.13. The summed E-state index contributed by atoms with van der Waals surface area (Å²) in [4.78, 5) is 2.15. The second-order valence-corrected chi connectivity index (χ2v) is 4.93. The monoisotopic (exact) mass is 279 g/mol. The van der Waals surface area contributed by atoms with Crippen molar-refractivity contribution >= 4 is 15.9 Å². The third-order valence-electron chi connectivity index (χ3n) is 2.22. The molecular formula is C12H14BrN3. The molecule has 0 bridgehead atoms. The third kappa shape index (κ3) is 2.71. The normalized spacial score (nSPS) is 11.0. The van der Waals surface area contributed by atoms with Crippen molar-refractivity contribution < 1.29 is 0 Å². The van der Waals surface area contributed by atoms with Gasteiger partial charge in [0.05, 0.1) is 16.4 Å². The quantitative estimate of drug-likeness (QED) is 0.862. The molecule has 0 spiro atoms. The molecule has 84 valence electrons. The number of halogens is 1. The molecule has 1 heterocycles. The Bertz CT molecular complexity index is 477. The highest BCUT2D eigenvalue weighted by Crippen LogP contribution is 2.14. The van der Waals surface area contributed by atoms with Gasteiger partial charge in [0.2, 0.25) is 0 Å². The smallest absolute Gasteiger partial charge is 0.0649 e. The van der Waals surface area contributed by atoms with Gasteiger partial charge in [-0.15, -0.1) is 0 Å². The highest BCUT2D eigenvalue weighted by atomic mass is 79.9. The largest absolute Gasteiger partial charge is 0.305 e. The molecule has 4 heteroatoms. The van der Waals surface area contributed by atoms with Crippen LogP contribution in [0.25, 0.3) is 5.69 Å². The molecule has 0 fully saturated rings. The summed E-state index contributed by atoms with van der Waals surface area (Å²) in [5, 5.41) is 4.26. The highest BCUT2D eigenvalue weighted by molar-refractivity contribution is 9.10. The topological polar surface area (TPSA) is 21.1 Å². The number of benzene rings is 1. The number of hydrogen-bond acceptors (Lipinski definition) is 2. The van der Waals surface area contributed by atoms with Gasteiger partial charge in [-0.25, -0.2) is 4.68 Å². The Morgan fingerprint density at radius 2 is 2.19 bits per heavy atom. The lowest BCUT2D eigenvalue weighted by molar-refractivity contribution is 0.402. The average Bonchev–Trinajstić information content (AvgIpc) is 2.64. The first-order valence-electron chi connectivity index (χ1n) is 5.09. The molecule has 0 saturated heterocycles. The van der Waals surface area contributed by atoms with Crippen LogP contribution in [0.15, 0.2) is 41.1 Å². The van der Waals surface area contributed by atoms with Crippen LogP contribution in [-0.4, -0.2) is 28.8 Å². The van der Waals surface area contributed by atoms with Crippen LogP contribution in [0, 0.1) is 0 Å². The van der Waals surface area contributed by atoms with Crippen molar-refractivity contribution in [2.75, 3.05) is 14.1 Å². The van der Waals surface area contributed by atoms with Crippen LogP contribution in [0.5, 0.6) is 0 Å². The Kier molecular flexibility index (Phi) is 3.41. The van der Waals surface area contributed by atoms with E-state index in [1.54, 1.807) is 6.20 Å². The zero-order valence-electron chi connectivity index (χ0n) is 9.39. The van der Waals surface area contributed by atoms with E-state index in [-0.39, 0.29) is 0 Å². The van der Waals surface area contributed by atoms with Crippen molar-refractivity contribution in [3.8, 4) is 5.69 Å². The summed E-state index contributed by atoms with van der Waals surface area (Å²) in [5.41, 5.74) is 2.37. The van der Waals surface area contributed by atoms with E-state index in [2.05, 4.69) is 64.3 Å². The maximum Gasteiger partial charge on any atom is 0.0649 e. The summed E-state index contributed by atoms with van der Waals surface area (Å²) in [6, 6.07) is 8.39. The molecule has 1 aromatic heterocycles. The summed E-state index contributed by atoms with van der Waals surface area (Å²) in [6.07, 6.45) is 3.74. The molecule has 16 heavy (non-hydrogen) atoms. The first kappa shape index (κ1) is 11.4. The van der Waals surface area contributed by atoms with Crippen molar-refractivity contribution in [3.05, 3.63) is 46.7 Å². The molecule has 3 nitrogen and oxygen atoms in total. The van der Waals surface area contributed by atoms with E-state index < -0.39 is 0 Å². The summed E-state index contributed by atoms with van der Waals surface area (Å²) < 4.78 is 2.86. The number of rotatable bonds is 3. The van der Waals surface area contributed by atoms with Crippen molar-refractivity contribution in [3.63, 3.8) is 0 Å². The molecule has 0 aliphatic heterocycles. The molecule has 2 aromatic rings. The highest BCUT2D eigenvalue weighted by Gasteiger charge is 2.01. The van der Waals surface area contributed by atoms with Crippen molar-refractivity contribution in [2.24, 2.45) is 0 Å². The Hall–Kier alpha value is -1.13. The number of hydrogen-bond donors (Lipinski definition) is 0. The number of aromatic nitrogens is 2. The van der Waals surface area contributed by atoms with Gasteiger partial charge in [0, 0.05) is 12.7 Å². The van der Waals surface area contributed by atoms with Gasteiger partial charge in [-0.2, -0.15) is 5.10 Å². The fourth-order valence-corrected chi connectivity index (χ4v) is 1.89. The standard InChI is InChI=1S/C12H14BrN3/c1-15(2)8-10-4-3-5-12(6-10)16-9-11(13)7-14-16/h3-7,9H,8H2,1-2H3. The van der Waals surface area contributed by atoms with Gasteiger partial charge in [0.1, 0.15) is 0 Å². The van der Waals surface area contributed by atoms with Crippen LogP contribution in [0.1, 0.15) is 5.56 Å². The lowest BCUT2D eigenvalue weighted by Crippen LogP contribution is -2.10. The lowest BCUT2D eigenvalue weighted by atomic mass is 10.2. The van der Waals surface area contributed by atoms with E-state index in [9.17, 15) is 0 Å². The fraction of sp³-hybridized carbons (Fsp3) is 0.250. The van der Waals surface area contributed by atoms with Crippen molar-refractivity contribution in [1.29, 1.82) is 0 Å². The zero-order valence-corrected chi connectivity index (χ0v) is 11.0. The molecular weight excluding hydrogens is 266 g/mol. The fourth-order valence-electron chi connectivity index (χ4n) is 1.60. The molecule has 0 unspecified atom stereocenters. The zero-order chi connectivity index (χ0) is 11.5. The Labute approximate surface area is 104 Å². The van der Waals surface area contributed by atoms with Crippen LogP contribution in [-0.2, 0) is 6.54 Å². The van der Waals surface area contributed by atoms with Crippen molar-refractivity contribution in [2.45, 2.75) is 6.54 Å². The molecule has 1 aromatic carbocycles. The van der Waals surface area contributed by atoms with E-state index in [0.717, 1.165) is 16.7 Å². The second-order valence-electron chi connectivity index (χ2n) is 4.01. The van der Waals surface area contributed by atoms with Gasteiger partial charge < -0.3 is 4.90 Å². The van der Waals surface area contributed by atoms with E-state index in [4.69, 9.17) is 0 Å². The van der Waals surface area contributed by atoms with Crippen LogP contribution >= 0.6 is 15.9 Å². The summed E-state index contributed by atoms with van der Waals surface area (Å²) >= 11 is 3.40. The van der Waals surface area contributed by atoms with Crippen LogP contribution in [0.2, 0.25) is 0 Å². The minimum Gasteiger partial charge on any atom is -0.305 e. The molecule has 0 radical (unpaired) electrons. The van der Waals surface area contributed by atoms with Gasteiger partial charge in [-0.3, -0.25) is 0 Å². The van der Waals surface area contributed by atoms with Crippen molar-refractivity contribution in [1.82, 2.24) is 14.7 Å². The first-order chi connectivity index (χ1) is 7.65. The van der Waals surface area contributed by atoms with Crippen LogP contribution in [0.3, 0.4) is 0 Å². The van der Waals surface area contributed by atoms with Crippen LogP contribution in [0.4, 0.5) is 0 Å².